The molecule has 0 aromatic heterocycles. The van der Waals surface area contributed by atoms with Crippen LogP contribution in [0.15, 0.2) is 0 Å². The van der Waals surface area contributed by atoms with E-state index >= 15 is 0 Å². The molecule has 0 aromatic carbocycles. The lowest BCUT2D eigenvalue weighted by Crippen LogP contribution is -2.41. The predicted octanol–water partition coefficient (Wildman–Crippen LogP) is -0.782. The molecule has 0 aliphatic carbocycles. The third-order valence-corrected chi connectivity index (χ3v) is 4.17. The summed E-state index contributed by atoms with van der Waals surface area (Å²) < 4.78 is 0. The third kappa shape index (κ3) is 3.93. The van der Waals surface area contributed by atoms with Crippen molar-refractivity contribution >= 4 is 11.8 Å². The summed E-state index contributed by atoms with van der Waals surface area (Å²) >= 11 is 0. The Hall–Kier alpha value is -1.14. The summed E-state index contributed by atoms with van der Waals surface area (Å²) in [4.78, 5) is 29.9. The van der Waals surface area contributed by atoms with E-state index in [1.165, 1.54) is 0 Å². The highest BCUT2D eigenvalue weighted by Gasteiger charge is 2.28. The van der Waals surface area contributed by atoms with Gasteiger partial charge in [-0.2, -0.15) is 0 Å². The zero-order valence-electron chi connectivity index (χ0n) is 12.6. The van der Waals surface area contributed by atoms with Crippen molar-refractivity contribution in [2.45, 2.75) is 12.8 Å². The Morgan fingerprint density at radius 1 is 1.20 bits per heavy atom. The van der Waals surface area contributed by atoms with E-state index < -0.39 is 0 Å². The van der Waals surface area contributed by atoms with E-state index in [4.69, 9.17) is 0 Å². The van der Waals surface area contributed by atoms with E-state index in [2.05, 4.69) is 10.2 Å². The smallest absolute Gasteiger partial charge is 0.236 e. The molecule has 2 aliphatic rings. The number of nitrogens with zero attached hydrogens (tertiary/aromatic N) is 3. The van der Waals surface area contributed by atoms with Gasteiger partial charge in [0.1, 0.15) is 0 Å². The second-order valence-corrected chi connectivity index (χ2v) is 5.93. The minimum absolute atomic E-state index is 0.129. The number of amides is 2. The maximum Gasteiger partial charge on any atom is 0.236 e. The highest BCUT2D eigenvalue weighted by atomic mass is 16.2. The molecule has 0 saturated carbocycles. The number of rotatable bonds is 3. The second kappa shape index (κ2) is 7.04. The summed E-state index contributed by atoms with van der Waals surface area (Å²) in [7, 11) is 3.56. The lowest BCUT2D eigenvalue weighted by molar-refractivity contribution is -0.134. The van der Waals surface area contributed by atoms with Gasteiger partial charge in [-0.15, -0.1) is 0 Å². The Bertz CT molecular complexity index is 353. The lowest BCUT2D eigenvalue weighted by Gasteiger charge is -2.24. The van der Waals surface area contributed by atoms with Gasteiger partial charge in [-0.05, 0) is 19.4 Å². The molecule has 2 amide bonds. The van der Waals surface area contributed by atoms with E-state index in [0.717, 1.165) is 52.1 Å². The third-order valence-electron chi connectivity index (χ3n) is 4.17. The Kier molecular flexibility index (Phi) is 5.37. The minimum atomic E-state index is 0.129. The Morgan fingerprint density at radius 2 is 2.00 bits per heavy atom. The number of carbonyl (C=O) groups excluding carboxylic acids is 2. The van der Waals surface area contributed by atoms with Gasteiger partial charge < -0.3 is 15.1 Å². The van der Waals surface area contributed by atoms with Crippen LogP contribution in [-0.4, -0.2) is 86.4 Å². The number of hydrogen-bond donors (Lipinski definition) is 1. The summed E-state index contributed by atoms with van der Waals surface area (Å²) in [6, 6.07) is 0. The zero-order valence-corrected chi connectivity index (χ0v) is 12.6. The maximum absolute atomic E-state index is 12.4. The average Bonchev–Trinajstić information content (AvgIpc) is 2.85. The molecule has 2 saturated heterocycles. The van der Waals surface area contributed by atoms with Crippen molar-refractivity contribution in [3.63, 3.8) is 0 Å². The van der Waals surface area contributed by atoms with Crippen LogP contribution in [0, 0.1) is 5.92 Å². The van der Waals surface area contributed by atoms with Gasteiger partial charge in [-0.25, -0.2) is 0 Å². The normalized spacial score (nSPS) is 24.5. The van der Waals surface area contributed by atoms with Crippen LogP contribution in [-0.2, 0) is 9.59 Å². The molecule has 6 heteroatoms. The van der Waals surface area contributed by atoms with E-state index in [9.17, 15) is 9.59 Å². The van der Waals surface area contributed by atoms with E-state index in [0.29, 0.717) is 6.54 Å². The van der Waals surface area contributed by atoms with Crippen LogP contribution in [0.1, 0.15) is 12.8 Å². The Labute approximate surface area is 121 Å². The van der Waals surface area contributed by atoms with Gasteiger partial charge in [0, 0.05) is 46.8 Å². The fourth-order valence-electron chi connectivity index (χ4n) is 2.81. The van der Waals surface area contributed by atoms with E-state index in [1.54, 1.807) is 19.0 Å². The fourth-order valence-corrected chi connectivity index (χ4v) is 2.81. The van der Waals surface area contributed by atoms with Crippen LogP contribution in [0.4, 0.5) is 0 Å². The van der Waals surface area contributed by atoms with Crippen molar-refractivity contribution in [3.8, 4) is 0 Å². The summed E-state index contributed by atoms with van der Waals surface area (Å²) in [6.07, 6.45) is 1.91. The molecule has 0 radical (unpaired) electrons. The molecule has 0 bridgehead atoms. The molecule has 1 unspecified atom stereocenters. The van der Waals surface area contributed by atoms with E-state index in [1.807, 2.05) is 4.90 Å². The molecule has 0 aromatic rings. The highest BCUT2D eigenvalue weighted by molar-refractivity contribution is 5.79. The van der Waals surface area contributed by atoms with Crippen molar-refractivity contribution in [1.82, 2.24) is 20.0 Å². The monoisotopic (exact) mass is 282 g/mol. The molecule has 6 nitrogen and oxygen atoms in total. The molecular weight excluding hydrogens is 256 g/mol. The number of carbonyl (C=O) groups is 2. The Balaban J connectivity index is 1.82. The molecule has 114 valence electrons. The maximum atomic E-state index is 12.4. The van der Waals surface area contributed by atoms with Crippen LogP contribution in [0.3, 0.4) is 0 Å². The zero-order chi connectivity index (χ0) is 14.5. The first-order chi connectivity index (χ1) is 9.58. The van der Waals surface area contributed by atoms with Crippen molar-refractivity contribution in [1.29, 1.82) is 0 Å². The molecule has 2 aliphatic heterocycles. The highest BCUT2D eigenvalue weighted by Crippen LogP contribution is 2.13. The van der Waals surface area contributed by atoms with Crippen LogP contribution in [0.5, 0.6) is 0 Å². The topological polar surface area (TPSA) is 55.9 Å². The molecule has 2 fully saturated rings. The van der Waals surface area contributed by atoms with Crippen molar-refractivity contribution < 1.29 is 9.59 Å². The largest absolute Gasteiger partial charge is 0.348 e. The Morgan fingerprint density at radius 3 is 2.65 bits per heavy atom. The molecule has 2 rings (SSSR count). The van der Waals surface area contributed by atoms with Crippen LogP contribution >= 0.6 is 0 Å². The van der Waals surface area contributed by atoms with Crippen molar-refractivity contribution in [2.24, 2.45) is 5.92 Å². The van der Waals surface area contributed by atoms with Crippen LogP contribution in [0.25, 0.3) is 0 Å². The van der Waals surface area contributed by atoms with Gasteiger partial charge in [0.2, 0.25) is 11.8 Å². The molecule has 20 heavy (non-hydrogen) atoms. The fraction of sp³-hybridized carbons (Fsp3) is 0.857. The van der Waals surface area contributed by atoms with Gasteiger partial charge in [-0.1, -0.05) is 0 Å². The summed E-state index contributed by atoms with van der Waals surface area (Å²) in [5, 5.41) is 3.25. The minimum Gasteiger partial charge on any atom is -0.348 e. The van der Waals surface area contributed by atoms with Crippen LogP contribution in [0.2, 0.25) is 0 Å². The van der Waals surface area contributed by atoms with Gasteiger partial charge in [-0.3, -0.25) is 14.5 Å². The lowest BCUT2D eigenvalue weighted by atomic mass is 10.1. The molecule has 1 atom stereocenters. The summed E-state index contributed by atoms with van der Waals surface area (Å²) in [5.41, 5.74) is 0. The predicted molar refractivity (Wildman–Crippen MR) is 77.3 cm³/mol. The van der Waals surface area contributed by atoms with Crippen molar-refractivity contribution in [2.75, 3.05) is 59.9 Å². The standard InChI is InChI=1S/C14H26N4O2/c1-16(2)13(19)11-17-6-3-7-18(9-8-17)14(20)12-4-5-15-10-12/h12,15H,3-11H2,1-2H3. The first-order valence-electron chi connectivity index (χ1n) is 7.50. The molecule has 2 heterocycles. The molecule has 0 spiro atoms. The summed E-state index contributed by atoms with van der Waals surface area (Å²) in [6.45, 7) is 5.49. The second-order valence-electron chi connectivity index (χ2n) is 5.93. The number of nitrogens with one attached hydrogen (secondary N) is 1. The van der Waals surface area contributed by atoms with Gasteiger partial charge in [0.05, 0.1) is 12.5 Å². The van der Waals surface area contributed by atoms with Crippen LogP contribution < -0.4 is 5.32 Å². The molecule has 1 N–H and O–H groups in total. The first kappa shape index (κ1) is 15.3. The summed E-state index contributed by atoms with van der Waals surface area (Å²) in [5.74, 6) is 0.575. The average molecular weight is 282 g/mol. The first-order valence-corrected chi connectivity index (χ1v) is 7.50. The van der Waals surface area contributed by atoms with E-state index in [-0.39, 0.29) is 17.7 Å². The number of likely N-dealkylation sites (N-methyl/N-ethyl adjacent to an activating group) is 1. The van der Waals surface area contributed by atoms with Gasteiger partial charge in [0.15, 0.2) is 0 Å². The quantitative estimate of drug-likeness (QED) is 0.738. The van der Waals surface area contributed by atoms with Gasteiger partial charge in [0.25, 0.3) is 0 Å². The van der Waals surface area contributed by atoms with Gasteiger partial charge >= 0.3 is 0 Å². The number of hydrogen-bond acceptors (Lipinski definition) is 4. The van der Waals surface area contributed by atoms with Crippen molar-refractivity contribution in [3.05, 3.63) is 0 Å². The SMILES string of the molecule is CN(C)C(=O)CN1CCCN(C(=O)C2CCNC2)CC1. The molecular formula is C14H26N4O2.